The number of alkyl carbamates (subject to hydrolysis) is 1. The number of pyridine rings is 1. The van der Waals surface area contributed by atoms with E-state index >= 15 is 0 Å². The molecule has 180 valence electrons. The number of benzene rings is 2. The number of carbonyl (C=O) groups is 3. The molecule has 9 heteroatoms. The van der Waals surface area contributed by atoms with Crippen molar-refractivity contribution in [1.29, 1.82) is 0 Å². The monoisotopic (exact) mass is 491 g/mol. The number of carboxylic acid groups (broad SMARTS) is 1. The molecule has 1 unspecified atom stereocenters. The minimum absolute atomic E-state index is 0.0783. The lowest BCUT2D eigenvalue weighted by molar-refractivity contribution is -0.118. The lowest BCUT2D eigenvalue weighted by Crippen LogP contribution is -2.44. The Kier molecular flexibility index (Phi) is 7.67. The predicted octanol–water partition coefficient (Wildman–Crippen LogP) is 4.38. The molecule has 0 bridgehead atoms. The molecule has 0 saturated carbocycles. The quantitative estimate of drug-likeness (QED) is 0.407. The lowest BCUT2D eigenvalue weighted by atomic mass is 9.98. The van der Waals surface area contributed by atoms with Crippen LogP contribution in [0.25, 0.3) is 11.1 Å². The highest BCUT2D eigenvalue weighted by molar-refractivity contribution is 7.98. The van der Waals surface area contributed by atoms with Gasteiger partial charge >= 0.3 is 12.1 Å². The number of carbonyl (C=O) groups excluding carboxylic acids is 2. The maximum absolute atomic E-state index is 12.8. The minimum atomic E-state index is -1.15. The van der Waals surface area contributed by atoms with Crippen LogP contribution in [0.3, 0.4) is 0 Å². The Bertz CT molecular complexity index is 1190. The van der Waals surface area contributed by atoms with E-state index in [0.717, 1.165) is 22.3 Å². The molecule has 3 N–H and O–H groups in total. The first-order valence-corrected chi connectivity index (χ1v) is 12.5. The summed E-state index contributed by atoms with van der Waals surface area (Å²) in [4.78, 5) is 40.3. The number of nitrogens with zero attached hydrogens (tertiary/aromatic N) is 1. The Morgan fingerprint density at radius 2 is 1.69 bits per heavy atom. The van der Waals surface area contributed by atoms with Gasteiger partial charge in [0, 0.05) is 5.92 Å². The zero-order valence-electron chi connectivity index (χ0n) is 19.1. The average molecular weight is 492 g/mol. The molecule has 0 aliphatic heterocycles. The molecule has 1 heterocycles. The first kappa shape index (κ1) is 24.3. The van der Waals surface area contributed by atoms with Gasteiger partial charge in [0.05, 0.1) is 11.9 Å². The van der Waals surface area contributed by atoms with Gasteiger partial charge in [-0.3, -0.25) is 4.79 Å². The summed E-state index contributed by atoms with van der Waals surface area (Å²) < 4.78 is 5.58. The zero-order chi connectivity index (χ0) is 24.8. The first-order chi connectivity index (χ1) is 17.0. The normalized spacial score (nSPS) is 12.8. The Hall–Kier alpha value is -3.85. The Morgan fingerprint density at radius 1 is 1.03 bits per heavy atom. The third kappa shape index (κ3) is 5.63. The van der Waals surface area contributed by atoms with Crippen LogP contribution < -0.4 is 10.6 Å². The number of hydrogen-bond donors (Lipinski definition) is 3. The molecule has 8 nitrogen and oxygen atoms in total. The number of rotatable bonds is 9. The van der Waals surface area contributed by atoms with E-state index in [4.69, 9.17) is 9.84 Å². The molecule has 1 aliphatic rings. The maximum atomic E-state index is 12.8. The van der Waals surface area contributed by atoms with Gasteiger partial charge in [0.25, 0.3) is 0 Å². The molecule has 2 amide bonds. The summed E-state index contributed by atoms with van der Waals surface area (Å²) in [7, 11) is 0. The molecule has 4 rings (SSSR count). The summed E-state index contributed by atoms with van der Waals surface area (Å²) in [6, 6.07) is 18.1. The second kappa shape index (κ2) is 11.1. The second-order valence-corrected chi connectivity index (χ2v) is 9.02. The van der Waals surface area contributed by atoms with Crippen molar-refractivity contribution in [2.45, 2.75) is 18.4 Å². The summed E-state index contributed by atoms with van der Waals surface area (Å²) in [6.07, 6.45) is 2.90. The number of amides is 2. The van der Waals surface area contributed by atoms with Crippen molar-refractivity contribution >= 4 is 35.4 Å². The second-order valence-electron chi connectivity index (χ2n) is 8.03. The van der Waals surface area contributed by atoms with Gasteiger partial charge in [-0.05, 0) is 52.8 Å². The van der Waals surface area contributed by atoms with Crippen molar-refractivity contribution in [3.05, 3.63) is 83.7 Å². The molecule has 0 radical (unpaired) electrons. The van der Waals surface area contributed by atoms with Gasteiger partial charge < -0.3 is 20.5 Å². The van der Waals surface area contributed by atoms with Crippen LogP contribution in [0.1, 0.15) is 34.0 Å². The predicted molar refractivity (Wildman–Crippen MR) is 135 cm³/mol. The number of aromatic carboxylic acids is 1. The largest absolute Gasteiger partial charge is 0.477 e. The molecule has 1 aliphatic carbocycles. The Morgan fingerprint density at radius 3 is 2.26 bits per heavy atom. The highest BCUT2D eigenvalue weighted by Gasteiger charge is 2.29. The van der Waals surface area contributed by atoms with Gasteiger partial charge in [0.1, 0.15) is 18.3 Å². The smallest absolute Gasteiger partial charge is 0.407 e. The number of carboxylic acids is 1. The molecule has 1 atom stereocenters. The number of hydrogen-bond acceptors (Lipinski definition) is 6. The molecule has 35 heavy (non-hydrogen) atoms. The maximum Gasteiger partial charge on any atom is 0.407 e. The average Bonchev–Trinajstić information content (AvgIpc) is 3.19. The Labute approximate surface area is 207 Å². The van der Waals surface area contributed by atoms with Crippen molar-refractivity contribution in [3.63, 3.8) is 0 Å². The lowest BCUT2D eigenvalue weighted by Gasteiger charge is -2.19. The van der Waals surface area contributed by atoms with Crippen LogP contribution in [0.2, 0.25) is 0 Å². The van der Waals surface area contributed by atoms with Crippen LogP contribution in [0.5, 0.6) is 0 Å². The molecule has 1 aromatic heterocycles. The van der Waals surface area contributed by atoms with Gasteiger partial charge in [0.2, 0.25) is 5.91 Å². The summed E-state index contributed by atoms with van der Waals surface area (Å²) in [5.74, 6) is -1.02. The number of aromatic nitrogens is 1. The first-order valence-electron chi connectivity index (χ1n) is 11.1. The summed E-state index contributed by atoms with van der Waals surface area (Å²) in [5, 5.41) is 14.3. The minimum Gasteiger partial charge on any atom is -0.477 e. The molecular weight excluding hydrogens is 466 g/mol. The molecule has 2 aromatic carbocycles. The van der Waals surface area contributed by atoms with Gasteiger partial charge in [-0.15, -0.1) is 0 Å². The topological polar surface area (TPSA) is 118 Å². The van der Waals surface area contributed by atoms with E-state index in [0.29, 0.717) is 17.9 Å². The number of nitrogens with one attached hydrogen (secondary N) is 2. The van der Waals surface area contributed by atoms with Gasteiger partial charge in [0.15, 0.2) is 0 Å². The van der Waals surface area contributed by atoms with E-state index in [1.807, 2.05) is 42.7 Å². The van der Waals surface area contributed by atoms with E-state index in [1.165, 1.54) is 18.3 Å². The van der Waals surface area contributed by atoms with Gasteiger partial charge in [-0.2, -0.15) is 11.8 Å². The SMILES string of the molecule is CSCCC(NC(=O)OCC1c2ccccc2-c2ccccc21)C(=O)Nc1ccc(C(=O)O)nc1. The van der Waals surface area contributed by atoms with E-state index in [1.54, 1.807) is 11.8 Å². The Balaban J connectivity index is 1.40. The number of thioether (sulfide) groups is 1. The van der Waals surface area contributed by atoms with E-state index in [2.05, 4.69) is 27.8 Å². The third-order valence-corrected chi connectivity index (χ3v) is 6.46. The fourth-order valence-corrected chi connectivity index (χ4v) is 4.58. The van der Waals surface area contributed by atoms with Crippen molar-refractivity contribution in [2.75, 3.05) is 23.9 Å². The number of anilines is 1. The van der Waals surface area contributed by atoms with Gasteiger partial charge in [-0.25, -0.2) is 14.6 Å². The third-order valence-electron chi connectivity index (χ3n) is 5.81. The fourth-order valence-electron chi connectivity index (χ4n) is 4.11. The molecule has 0 spiro atoms. The van der Waals surface area contributed by atoms with Crippen molar-refractivity contribution < 1.29 is 24.2 Å². The van der Waals surface area contributed by atoms with Crippen LogP contribution in [-0.2, 0) is 9.53 Å². The van der Waals surface area contributed by atoms with Crippen molar-refractivity contribution in [3.8, 4) is 11.1 Å². The highest BCUT2D eigenvalue weighted by Crippen LogP contribution is 2.44. The summed E-state index contributed by atoms with van der Waals surface area (Å²) in [5.41, 5.74) is 4.70. The van der Waals surface area contributed by atoms with Gasteiger partial charge in [-0.1, -0.05) is 48.5 Å². The van der Waals surface area contributed by atoms with Crippen LogP contribution in [0, 0.1) is 0 Å². The van der Waals surface area contributed by atoms with Crippen molar-refractivity contribution in [1.82, 2.24) is 10.3 Å². The number of ether oxygens (including phenoxy) is 1. The standard InChI is InChI=1S/C26H25N3O5S/c1-35-13-12-22(24(30)28-16-10-11-23(25(31)32)27-14-16)29-26(33)34-15-21-19-8-4-2-6-17(19)18-7-3-5-9-20(18)21/h2-11,14,21-22H,12-13,15H2,1H3,(H,28,30)(H,29,33)(H,31,32). The van der Waals surface area contributed by atoms with Crippen LogP contribution >= 0.6 is 11.8 Å². The summed E-state index contributed by atoms with van der Waals surface area (Å²) in [6.45, 7) is 0.150. The zero-order valence-corrected chi connectivity index (χ0v) is 19.9. The van der Waals surface area contributed by atoms with Crippen LogP contribution in [-0.4, -0.2) is 52.7 Å². The van der Waals surface area contributed by atoms with E-state index in [9.17, 15) is 14.4 Å². The van der Waals surface area contributed by atoms with Crippen molar-refractivity contribution in [2.24, 2.45) is 0 Å². The molecule has 3 aromatic rings. The van der Waals surface area contributed by atoms with Crippen LogP contribution in [0.4, 0.5) is 10.5 Å². The molecular formula is C26H25N3O5S. The molecule has 0 fully saturated rings. The van der Waals surface area contributed by atoms with E-state index in [-0.39, 0.29) is 18.2 Å². The number of fused-ring (bicyclic) bond motifs is 3. The summed E-state index contributed by atoms with van der Waals surface area (Å²) >= 11 is 1.55. The fraction of sp³-hybridized carbons (Fsp3) is 0.231. The molecule has 0 saturated heterocycles. The highest BCUT2D eigenvalue weighted by atomic mass is 32.2. The van der Waals surface area contributed by atoms with E-state index < -0.39 is 24.0 Å². The van der Waals surface area contributed by atoms with Crippen LogP contribution in [0.15, 0.2) is 66.9 Å².